The third-order valence-electron chi connectivity index (χ3n) is 7.52. The second-order valence-corrected chi connectivity index (χ2v) is 11.8. The van der Waals surface area contributed by atoms with Crippen molar-refractivity contribution in [3.8, 4) is 0 Å². The summed E-state index contributed by atoms with van der Waals surface area (Å²) in [6.45, 7) is 2.02. The van der Waals surface area contributed by atoms with Crippen molar-refractivity contribution in [2.24, 2.45) is 17.4 Å². The second kappa shape index (κ2) is 10.6. The molecule has 4 amide bonds. The van der Waals surface area contributed by atoms with Crippen molar-refractivity contribution >= 4 is 34.6 Å². The topological polar surface area (TPSA) is 162 Å². The lowest BCUT2D eigenvalue weighted by Crippen LogP contribution is -2.67. The Bertz CT molecular complexity index is 1140. The predicted octanol–water partition coefficient (Wildman–Crippen LogP) is 1.77. The Labute approximate surface area is 218 Å². The first kappa shape index (κ1) is 26.8. The summed E-state index contributed by atoms with van der Waals surface area (Å²) < 4.78 is 18.9. The normalized spacial score (nSPS) is 32.1. The first-order valence-corrected chi connectivity index (χ1v) is 13.8. The molecule has 1 aliphatic carbocycles. The SMILES string of the molecule is Cc1ccc([S@@](=O)C23CC2/C=C\CCCCCC(OC(N)=O)C(=O)N2CCCC2(C(N)=O)C(=O)N3)cc1. The van der Waals surface area contributed by atoms with Gasteiger partial charge in [-0.05, 0) is 64.0 Å². The van der Waals surface area contributed by atoms with E-state index in [1.54, 1.807) is 12.1 Å². The number of carbonyl (C=O) groups excluding carboxylic acids is 4. The summed E-state index contributed by atoms with van der Waals surface area (Å²) in [6, 6.07) is 7.24. The van der Waals surface area contributed by atoms with Crippen molar-refractivity contribution in [1.82, 2.24) is 10.2 Å². The van der Waals surface area contributed by atoms with E-state index < -0.39 is 51.1 Å². The van der Waals surface area contributed by atoms with Crippen LogP contribution in [-0.2, 0) is 29.9 Å². The van der Waals surface area contributed by atoms with Crippen LogP contribution in [0.5, 0.6) is 0 Å². The fraction of sp³-hybridized carbons (Fsp3) is 0.538. The number of nitrogens with two attached hydrogens (primary N) is 2. The Balaban J connectivity index is 1.73. The maximum atomic E-state index is 13.9. The molecule has 3 aliphatic rings. The molecule has 4 rings (SSSR count). The van der Waals surface area contributed by atoms with E-state index in [-0.39, 0.29) is 25.3 Å². The van der Waals surface area contributed by atoms with Gasteiger partial charge in [-0.1, -0.05) is 36.3 Å². The number of nitrogens with one attached hydrogen (secondary N) is 1. The minimum absolute atomic E-state index is 0.0109. The molecule has 1 aromatic rings. The number of benzene rings is 1. The van der Waals surface area contributed by atoms with Crippen molar-refractivity contribution in [1.29, 1.82) is 0 Å². The third-order valence-corrected chi connectivity index (χ3v) is 9.46. The van der Waals surface area contributed by atoms with Crippen LogP contribution in [0.3, 0.4) is 0 Å². The van der Waals surface area contributed by atoms with E-state index in [1.165, 1.54) is 0 Å². The molecule has 0 bridgehead atoms. The fourth-order valence-corrected chi connectivity index (χ4v) is 7.03. The van der Waals surface area contributed by atoms with Crippen LogP contribution in [0.25, 0.3) is 0 Å². The average molecular weight is 531 g/mol. The molecule has 2 heterocycles. The van der Waals surface area contributed by atoms with E-state index >= 15 is 0 Å². The Morgan fingerprint density at radius 3 is 2.51 bits per heavy atom. The predicted molar refractivity (Wildman–Crippen MR) is 136 cm³/mol. The van der Waals surface area contributed by atoms with Gasteiger partial charge in [0.1, 0.15) is 4.87 Å². The highest BCUT2D eigenvalue weighted by molar-refractivity contribution is 7.86. The Hall–Kier alpha value is -3.21. The highest BCUT2D eigenvalue weighted by atomic mass is 32.2. The lowest BCUT2D eigenvalue weighted by Gasteiger charge is -2.37. The molecular formula is C26H34N4O6S. The molecule has 0 radical (unpaired) electrons. The smallest absolute Gasteiger partial charge is 0.405 e. The van der Waals surface area contributed by atoms with Crippen LogP contribution in [0.4, 0.5) is 4.79 Å². The second-order valence-electron chi connectivity index (χ2n) is 10.0. The maximum absolute atomic E-state index is 13.9. The van der Waals surface area contributed by atoms with E-state index in [0.717, 1.165) is 29.7 Å². The molecule has 10 nitrogen and oxygen atoms in total. The van der Waals surface area contributed by atoms with Gasteiger partial charge in [0.15, 0.2) is 6.10 Å². The monoisotopic (exact) mass is 530 g/mol. The Morgan fingerprint density at radius 2 is 1.84 bits per heavy atom. The van der Waals surface area contributed by atoms with Gasteiger partial charge >= 0.3 is 6.09 Å². The first-order valence-electron chi connectivity index (χ1n) is 12.7. The van der Waals surface area contributed by atoms with Crippen LogP contribution in [-0.4, -0.2) is 56.0 Å². The van der Waals surface area contributed by atoms with Crippen LogP contribution in [0, 0.1) is 12.8 Å². The Morgan fingerprint density at radius 1 is 1.11 bits per heavy atom. The quantitative estimate of drug-likeness (QED) is 0.397. The lowest BCUT2D eigenvalue weighted by molar-refractivity contribution is -0.157. The largest absolute Gasteiger partial charge is 0.436 e. The molecule has 200 valence electrons. The van der Waals surface area contributed by atoms with Crippen LogP contribution >= 0.6 is 0 Å². The number of rotatable bonds is 4. The Kier molecular flexibility index (Phi) is 7.72. The molecule has 5 atom stereocenters. The minimum Gasteiger partial charge on any atom is -0.436 e. The third kappa shape index (κ3) is 5.14. The molecule has 0 spiro atoms. The number of hydrogen-bond donors (Lipinski definition) is 3. The van der Waals surface area contributed by atoms with E-state index in [1.807, 2.05) is 31.2 Å². The number of ether oxygens (including phenoxy) is 1. The van der Waals surface area contributed by atoms with Gasteiger partial charge in [-0.25, -0.2) is 4.79 Å². The van der Waals surface area contributed by atoms with Gasteiger partial charge in [0.2, 0.25) is 5.54 Å². The zero-order chi connectivity index (χ0) is 26.8. The van der Waals surface area contributed by atoms with Crippen molar-refractivity contribution in [3.63, 3.8) is 0 Å². The molecule has 37 heavy (non-hydrogen) atoms. The molecule has 0 aromatic heterocycles. The zero-order valence-electron chi connectivity index (χ0n) is 20.9. The number of aryl methyl sites for hydroxylation is 1. The number of primary amides is 2. The zero-order valence-corrected chi connectivity index (χ0v) is 21.8. The van der Waals surface area contributed by atoms with Crippen LogP contribution in [0.1, 0.15) is 56.9 Å². The first-order chi connectivity index (χ1) is 17.6. The van der Waals surface area contributed by atoms with Gasteiger partial charge in [-0.2, -0.15) is 0 Å². The molecule has 4 unspecified atom stereocenters. The van der Waals surface area contributed by atoms with Gasteiger partial charge in [-0.3, -0.25) is 18.6 Å². The standard InChI is InChI=1S/C26H34N4O6S/c1-17-10-12-19(13-11-17)37(35)26-16-18(26)8-5-3-2-4-6-9-20(36-24(28)34)21(31)30-15-7-14-25(30,22(27)32)23(33)29-26/h5,8,10-13,18,20H,2-4,6-7,9,14-16H2,1H3,(H2,27,32)(H2,28,34)(H,29,33)/b8-5-/t18?,20?,25?,26?,37-/m1/s1. The summed E-state index contributed by atoms with van der Waals surface area (Å²) in [5.74, 6) is -2.64. The van der Waals surface area contributed by atoms with Crippen molar-refractivity contribution in [3.05, 3.63) is 42.0 Å². The minimum atomic E-state index is -1.99. The molecule has 11 heteroatoms. The molecular weight excluding hydrogens is 496 g/mol. The summed E-state index contributed by atoms with van der Waals surface area (Å²) in [7, 11) is -1.63. The molecule has 5 N–H and O–H groups in total. The summed E-state index contributed by atoms with van der Waals surface area (Å²) >= 11 is 0. The van der Waals surface area contributed by atoms with Gasteiger partial charge < -0.3 is 26.4 Å². The lowest BCUT2D eigenvalue weighted by atomic mass is 9.92. The van der Waals surface area contributed by atoms with E-state index in [4.69, 9.17) is 16.2 Å². The van der Waals surface area contributed by atoms with Gasteiger partial charge in [0, 0.05) is 17.4 Å². The molecule has 2 fully saturated rings. The number of allylic oxidation sites excluding steroid dienone is 1. The van der Waals surface area contributed by atoms with Gasteiger partial charge in [0.25, 0.3) is 17.7 Å². The number of fused-ring (bicyclic) bond motifs is 2. The van der Waals surface area contributed by atoms with Crippen LogP contribution < -0.4 is 16.8 Å². The fourth-order valence-electron chi connectivity index (χ4n) is 5.36. The molecule has 1 saturated carbocycles. The summed E-state index contributed by atoms with van der Waals surface area (Å²) in [4.78, 5) is 52.4. The summed E-state index contributed by atoms with van der Waals surface area (Å²) in [5.41, 5.74) is 10.0. The number of nitrogens with zero attached hydrogens (tertiary/aromatic N) is 1. The van der Waals surface area contributed by atoms with Crippen molar-refractivity contribution in [2.45, 2.75) is 79.7 Å². The van der Waals surface area contributed by atoms with Gasteiger partial charge in [0.05, 0.1) is 10.8 Å². The van der Waals surface area contributed by atoms with Crippen LogP contribution in [0.2, 0.25) is 0 Å². The number of hydrogen-bond acceptors (Lipinski definition) is 6. The highest BCUT2D eigenvalue weighted by Crippen LogP contribution is 2.50. The van der Waals surface area contributed by atoms with Crippen molar-refractivity contribution in [2.75, 3.05) is 6.54 Å². The van der Waals surface area contributed by atoms with E-state index in [9.17, 15) is 23.4 Å². The summed E-state index contributed by atoms with van der Waals surface area (Å²) in [6.07, 6.45) is 5.62. The van der Waals surface area contributed by atoms with E-state index in [0.29, 0.717) is 24.2 Å². The maximum Gasteiger partial charge on any atom is 0.405 e. The van der Waals surface area contributed by atoms with E-state index in [2.05, 4.69) is 5.32 Å². The number of carbonyl (C=O) groups is 4. The van der Waals surface area contributed by atoms with Crippen molar-refractivity contribution < 1.29 is 28.1 Å². The average Bonchev–Trinajstić information content (AvgIpc) is 3.34. The summed E-state index contributed by atoms with van der Waals surface area (Å²) in [5, 5.41) is 2.90. The molecule has 2 aliphatic heterocycles. The number of amides is 4. The van der Waals surface area contributed by atoms with Gasteiger partial charge in [-0.15, -0.1) is 0 Å². The molecule has 1 saturated heterocycles. The molecule has 1 aromatic carbocycles. The highest BCUT2D eigenvalue weighted by Gasteiger charge is 2.64. The van der Waals surface area contributed by atoms with Crippen LogP contribution in [0.15, 0.2) is 41.3 Å².